The average Bonchev–Trinajstić information content (AvgIpc) is 3.70. The van der Waals surface area contributed by atoms with Crippen LogP contribution in [0.5, 0.6) is 0 Å². The van der Waals surface area contributed by atoms with E-state index in [0.29, 0.717) is 36.5 Å². The van der Waals surface area contributed by atoms with Gasteiger partial charge in [0.15, 0.2) is 11.0 Å². The van der Waals surface area contributed by atoms with Gasteiger partial charge in [0.1, 0.15) is 11.0 Å². The minimum atomic E-state index is -0.511. The fourth-order valence-corrected chi connectivity index (χ4v) is 9.03. The molecular formula is C32H40Cl2FN7O3. The molecule has 13 heteroatoms. The number of fused-ring (bicyclic) bond motifs is 3. The quantitative estimate of drug-likeness (QED) is 0.144. The number of H-pyrrole nitrogens is 1. The molecule has 45 heavy (non-hydrogen) atoms. The van der Waals surface area contributed by atoms with Gasteiger partial charge in [-0.05, 0) is 74.5 Å². The Morgan fingerprint density at radius 2 is 1.89 bits per heavy atom. The van der Waals surface area contributed by atoms with Crippen molar-refractivity contribution in [1.82, 2.24) is 30.8 Å². The van der Waals surface area contributed by atoms with E-state index in [1.807, 2.05) is 6.07 Å². The maximum absolute atomic E-state index is 16.0. The Bertz CT molecular complexity index is 1600. The van der Waals surface area contributed by atoms with Crippen LogP contribution >= 0.6 is 23.2 Å². The number of rotatable bonds is 7. The van der Waals surface area contributed by atoms with Gasteiger partial charge in [0, 0.05) is 53.2 Å². The third-order valence-electron chi connectivity index (χ3n) is 11.1. The lowest BCUT2D eigenvalue weighted by molar-refractivity contribution is 0.0754. The van der Waals surface area contributed by atoms with E-state index in [1.54, 1.807) is 12.3 Å². The summed E-state index contributed by atoms with van der Waals surface area (Å²) in [5.41, 5.74) is 0.996. The number of halogens is 3. The van der Waals surface area contributed by atoms with Crippen molar-refractivity contribution in [2.24, 2.45) is 5.41 Å². The summed E-state index contributed by atoms with van der Waals surface area (Å²) >= 11 is 12.7. The van der Waals surface area contributed by atoms with Crippen molar-refractivity contribution in [1.29, 1.82) is 0 Å². The van der Waals surface area contributed by atoms with Crippen LogP contribution in [0, 0.1) is 11.2 Å². The van der Waals surface area contributed by atoms with Crippen LogP contribution in [0.2, 0.25) is 10.3 Å². The van der Waals surface area contributed by atoms with Gasteiger partial charge in [-0.25, -0.2) is 24.3 Å². The monoisotopic (exact) mass is 659 g/mol. The topological polar surface area (TPSA) is 130 Å². The molecule has 10 nitrogen and oxygen atoms in total. The number of hydrogen-bond acceptors (Lipinski definition) is 9. The molecule has 0 aromatic carbocycles. The standard InChI is InChI=1S/C32H40Cl2FN7O3/c1-30(2)10-12-31(13-11-30)32(16-37-27-21(32)7-8-23(33)39-27)24(20-9-14-36-26(34)25(20)35)22(40-31)15-44-17-38-19-5-3-18(4-6-19)28-41-42-29(43)45-28/h7-9,14,18-19,22,24,38,40H,3-6,10-13,15-17H2,1-2H3,(H,37,39)(H,42,43)/t18?,19?,22-,24-,32+/m0/s1. The Kier molecular flexibility index (Phi) is 8.21. The molecule has 3 fully saturated rings. The normalized spacial score (nSPS) is 30.1. The Hall–Kier alpha value is -2.57. The first-order valence-corrected chi connectivity index (χ1v) is 16.7. The van der Waals surface area contributed by atoms with Gasteiger partial charge in [-0.3, -0.25) is 5.32 Å². The van der Waals surface area contributed by atoms with Crippen LogP contribution in [0.25, 0.3) is 0 Å². The van der Waals surface area contributed by atoms with Gasteiger partial charge in [0.05, 0.1) is 13.3 Å². The van der Waals surface area contributed by atoms with Crippen molar-refractivity contribution in [2.75, 3.05) is 25.2 Å². The van der Waals surface area contributed by atoms with E-state index in [1.165, 1.54) is 0 Å². The smallest absolute Gasteiger partial charge is 0.392 e. The van der Waals surface area contributed by atoms with Crippen LogP contribution in [0.3, 0.4) is 0 Å². The highest BCUT2D eigenvalue weighted by Crippen LogP contribution is 2.63. The lowest BCUT2D eigenvalue weighted by Crippen LogP contribution is -2.59. The number of nitrogens with zero attached hydrogens (tertiary/aromatic N) is 3. The van der Waals surface area contributed by atoms with Crippen LogP contribution in [0.1, 0.15) is 94.1 Å². The number of pyridine rings is 2. The second kappa shape index (κ2) is 11.9. The first-order chi connectivity index (χ1) is 21.6. The molecule has 0 amide bonds. The first kappa shape index (κ1) is 31.1. The molecule has 3 atom stereocenters. The largest absolute Gasteiger partial charge is 0.434 e. The van der Waals surface area contributed by atoms with Crippen LogP contribution < -0.4 is 21.7 Å². The third-order valence-corrected chi connectivity index (χ3v) is 11.6. The summed E-state index contributed by atoms with van der Waals surface area (Å²) in [4.78, 5) is 20.0. The molecule has 5 heterocycles. The van der Waals surface area contributed by atoms with E-state index in [2.05, 4.69) is 56.0 Å². The Balaban J connectivity index is 1.14. The first-order valence-electron chi connectivity index (χ1n) is 16.0. The van der Waals surface area contributed by atoms with E-state index in [-0.39, 0.29) is 40.0 Å². The maximum Gasteiger partial charge on any atom is 0.434 e. The van der Waals surface area contributed by atoms with E-state index in [4.69, 9.17) is 32.4 Å². The molecule has 2 aliphatic carbocycles. The molecule has 0 radical (unpaired) electrons. The highest BCUT2D eigenvalue weighted by Gasteiger charge is 2.68. The van der Waals surface area contributed by atoms with Gasteiger partial charge in [-0.1, -0.05) is 43.1 Å². The zero-order valence-corrected chi connectivity index (χ0v) is 27.1. The van der Waals surface area contributed by atoms with Crippen LogP contribution in [0.15, 0.2) is 33.6 Å². The van der Waals surface area contributed by atoms with Gasteiger partial charge in [0.25, 0.3) is 0 Å². The summed E-state index contributed by atoms with van der Waals surface area (Å²) in [7, 11) is 0. The number of hydrogen-bond donors (Lipinski definition) is 4. The van der Waals surface area contributed by atoms with Crippen LogP contribution in [-0.4, -0.2) is 57.7 Å². The van der Waals surface area contributed by atoms with Gasteiger partial charge in [-0.2, -0.15) is 0 Å². The summed E-state index contributed by atoms with van der Waals surface area (Å²) in [5.74, 6) is 0.103. The van der Waals surface area contributed by atoms with Gasteiger partial charge in [0.2, 0.25) is 5.89 Å². The van der Waals surface area contributed by atoms with Crippen molar-refractivity contribution < 1.29 is 13.5 Å². The molecule has 242 valence electrons. The molecule has 4 N–H and O–H groups in total. The number of aromatic nitrogens is 4. The lowest BCUT2D eigenvalue weighted by Gasteiger charge is -2.51. The summed E-state index contributed by atoms with van der Waals surface area (Å²) in [6.07, 6.45) is 9.18. The van der Waals surface area contributed by atoms with Crippen molar-refractivity contribution >= 4 is 29.0 Å². The molecule has 0 unspecified atom stereocenters. The second-order valence-corrected chi connectivity index (χ2v) is 14.8. The molecule has 3 aromatic heterocycles. The summed E-state index contributed by atoms with van der Waals surface area (Å²) in [6, 6.07) is 5.77. The molecule has 0 bridgehead atoms. The van der Waals surface area contributed by atoms with Crippen molar-refractivity contribution in [3.63, 3.8) is 0 Å². The van der Waals surface area contributed by atoms with E-state index >= 15 is 4.39 Å². The molecule has 2 saturated carbocycles. The molecule has 2 aliphatic heterocycles. The predicted molar refractivity (Wildman–Crippen MR) is 169 cm³/mol. The molecule has 2 spiro atoms. The molecule has 4 aliphatic rings. The maximum atomic E-state index is 16.0. The van der Waals surface area contributed by atoms with E-state index < -0.39 is 17.0 Å². The molecule has 7 rings (SSSR count). The SMILES string of the molecule is CC1(C)CCC2(CC1)N[C@@H](COCNC1CCC(c3n[nH]c(=O)o3)CC1)[C@H](c1ccnc(Cl)c1F)[C@]21CNc2nc(Cl)ccc21. The van der Waals surface area contributed by atoms with Crippen molar-refractivity contribution in [2.45, 2.75) is 100 Å². The summed E-state index contributed by atoms with van der Waals surface area (Å²) in [6.45, 7) is 6.01. The van der Waals surface area contributed by atoms with Gasteiger partial charge in [-0.15, -0.1) is 5.10 Å². The fourth-order valence-electron chi connectivity index (χ4n) is 8.72. The number of anilines is 1. The zero-order valence-electron chi connectivity index (χ0n) is 25.6. The molecule has 1 saturated heterocycles. The van der Waals surface area contributed by atoms with Gasteiger partial charge < -0.3 is 19.8 Å². The Labute approximate surface area is 271 Å². The van der Waals surface area contributed by atoms with Gasteiger partial charge >= 0.3 is 5.76 Å². The van der Waals surface area contributed by atoms with E-state index in [9.17, 15) is 4.79 Å². The highest BCUT2D eigenvalue weighted by molar-refractivity contribution is 6.29. The third kappa shape index (κ3) is 5.48. The van der Waals surface area contributed by atoms with Crippen molar-refractivity contribution in [3.05, 3.63) is 68.1 Å². The van der Waals surface area contributed by atoms with Crippen LogP contribution in [-0.2, 0) is 10.2 Å². The average molecular weight is 661 g/mol. The fraction of sp³-hybridized carbons (Fsp3) is 0.625. The predicted octanol–water partition coefficient (Wildman–Crippen LogP) is 5.65. The lowest BCUT2D eigenvalue weighted by atomic mass is 9.54. The Morgan fingerprint density at radius 1 is 1.11 bits per heavy atom. The molecule has 3 aromatic rings. The molecular weight excluding hydrogens is 620 g/mol. The number of ether oxygens (including phenoxy) is 1. The Morgan fingerprint density at radius 3 is 2.62 bits per heavy atom. The minimum absolute atomic E-state index is 0.125. The van der Waals surface area contributed by atoms with E-state index in [0.717, 1.165) is 62.7 Å². The van der Waals surface area contributed by atoms with Crippen molar-refractivity contribution in [3.8, 4) is 0 Å². The summed E-state index contributed by atoms with van der Waals surface area (Å²) < 4.78 is 27.5. The zero-order chi connectivity index (χ0) is 31.4. The summed E-state index contributed by atoms with van der Waals surface area (Å²) in [5, 5.41) is 17.8. The number of aromatic amines is 1. The number of nitrogens with one attached hydrogen (secondary N) is 4. The highest BCUT2D eigenvalue weighted by atomic mass is 35.5. The van der Waals surface area contributed by atoms with Crippen LogP contribution in [0.4, 0.5) is 10.2 Å². The minimum Gasteiger partial charge on any atom is -0.392 e. The second-order valence-electron chi connectivity index (χ2n) is 14.1.